The summed E-state index contributed by atoms with van der Waals surface area (Å²) in [4.78, 5) is 94.4. The van der Waals surface area contributed by atoms with Crippen LogP contribution >= 0.6 is 31.3 Å². The molecule has 0 amide bonds. The molecule has 0 aliphatic rings. The maximum Gasteiger partial charge on any atom is 2.00 e. The maximum absolute atomic E-state index is 8.88. The summed E-state index contributed by atoms with van der Waals surface area (Å²) in [6, 6.07) is 0. The van der Waals surface area contributed by atoms with E-state index in [-0.39, 0.29) is 53.6 Å². The van der Waals surface area contributed by atoms with Gasteiger partial charge >= 0.3 is 69.3 Å². The Morgan fingerprint density at radius 2 is 0.478 bits per heavy atom. The zero-order valence-electron chi connectivity index (χ0n) is 9.97. The minimum atomic E-state index is -5.39. The average molecular weight is 563 g/mol. The van der Waals surface area contributed by atoms with Crippen molar-refractivity contribution >= 4 is 31.3 Å². The molecule has 0 fully saturated rings. The topological polar surface area (TPSA) is 328 Å². The van der Waals surface area contributed by atoms with Gasteiger partial charge in [0.25, 0.3) is 0 Å². The summed E-state index contributed by atoms with van der Waals surface area (Å²) in [6.07, 6.45) is 0. The Bertz CT molecular complexity index is 295. The van der Waals surface area contributed by atoms with Gasteiger partial charge < -0.3 is 67.9 Å². The van der Waals surface area contributed by atoms with Crippen LogP contribution in [0.3, 0.4) is 0 Å². The van der Waals surface area contributed by atoms with Gasteiger partial charge in [0.1, 0.15) is 0 Å². The standard InChI is InChI=1S/2Fe.4H3O4P.Zn/c;;4*1-5(2,3)4;/h;;4*(H3,1,2,3,4);/q2*+2;;;;;+2/p-6. The molecule has 0 aromatic heterocycles. The Balaban J connectivity index is -0.0000000284. The van der Waals surface area contributed by atoms with E-state index in [0.29, 0.717) is 0 Å². The molecule has 0 saturated carbocycles. The zero-order chi connectivity index (χ0) is 18.0. The van der Waals surface area contributed by atoms with Gasteiger partial charge in [-0.2, -0.15) is 15.6 Å². The molecule has 0 atom stereocenters. The molecule has 0 unspecified atom stereocenters. The van der Waals surface area contributed by atoms with E-state index >= 15 is 0 Å². The fraction of sp³-hybridized carbons (Fsp3) is 0. The molecule has 0 radical (unpaired) electrons. The Morgan fingerprint density at radius 3 is 0.478 bits per heavy atom. The zero-order valence-corrected chi connectivity index (χ0v) is 18.7. The molecule has 0 aliphatic carbocycles. The molecule has 16 nitrogen and oxygen atoms in total. The molecular formula is H6Fe2O16P4Zn. The van der Waals surface area contributed by atoms with Crippen LogP contribution < -0.4 is 29.4 Å². The predicted octanol–water partition coefficient (Wildman–Crippen LogP) is -7.51. The largest absolute Gasteiger partial charge is 2.00 e. The minimum absolute atomic E-state index is 0. The molecule has 0 aromatic carbocycles. The monoisotopic (exact) mass is 562 g/mol. The second-order valence-electron chi connectivity index (χ2n) is 1.92. The van der Waals surface area contributed by atoms with Crippen LogP contribution in [0.4, 0.5) is 0 Å². The SMILES string of the molecule is O=P(O)(O)O.O=P(O)(O)O.O=P([O-])([O-])[O-].O=P([O-])([O-])[O-].[Fe+2].[Fe+2].[Zn+2]. The number of hydrogen-bond donors (Lipinski definition) is 6. The Morgan fingerprint density at radius 1 is 0.478 bits per heavy atom. The van der Waals surface area contributed by atoms with Crippen LogP contribution in [0.1, 0.15) is 0 Å². The van der Waals surface area contributed by atoms with Gasteiger partial charge in [-0.15, -0.1) is 0 Å². The van der Waals surface area contributed by atoms with E-state index in [2.05, 4.69) is 0 Å². The summed E-state index contributed by atoms with van der Waals surface area (Å²) in [5, 5.41) is 0. The van der Waals surface area contributed by atoms with Gasteiger partial charge in [0, 0.05) is 0 Å². The van der Waals surface area contributed by atoms with Crippen molar-refractivity contribution in [1.29, 1.82) is 0 Å². The minimum Gasteiger partial charge on any atom is -0.822 e. The maximum atomic E-state index is 8.88. The van der Waals surface area contributed by atoms with E-state index in [1.807, 2.05) is 0 Å². The Hall–Kier alpha value is 2.10. The molecule has 0 heterocycles. The third kappa shape index (κ3) is 2660. The first-order valence-corrected chi connectivity index (χ1v) is 9.08. The van der Waals surface area contributed by atoms with Crippen molar-refractivity contribution in [2.75, 3.05) is 0 Å². The van der Waals surface area contributed by atoms with Gasteiger partial charge in [-0.3, -0.25) is 0 Å². The fourth-order valence-corrected chi connectivity index (χ4v) is 0. The van der Waals surface area contributed by atoms with Crippen LogP contribution in [0.5, 0.6) is 0 Å². The molecule has 0 saturated heterocycles. The van der Waals surface area contributed by atoms with E-state index in [9.17, 15) is 0 Å². The quantitative estimate of drug-likeness (QED) is 0.118. The van der Waals surface area contributed by atoms with E-state index < -0.39 is 31.3 Å². The third-order valence-corrected chi connectivity index (χ3v) is 0. The van der Waals surface area contributed by atoms with Crippen LogP contribution in [-0.4, -0.2) is 29.4 Å². The van der Waals surface area contributed by atoms with Gasteiger partial charge in [-0.1, -0.05) is 0 Å². The molecule has 23 heteroatoms. The van der Waals surface area contributed by atoms with Crippen LogP contribution in [-0.2, 0) is 71.9 Å². The van der Waals surface area contributed by atoms with Crippen LogP contribution in [0.2, 0.25) is 0 Å². The summed E-state index contributed by atoms with van der Waals surface area (Å²) in [7, 11) is -20.1. The average Bonchev–Trinajstić information content (AvgIpc) is 1.62. The number of phosphoric acid groups is 4. The third-order valence-electron chi connectivity index (χ3n) is 0. The van der Waals surface area contributed by atoms with Gasteiger partial charge in [0.2, 0.25) is 0 Å². The van der Waals surface area contributed by atoms with Crippen LogP contribution in [0, 0.1) is 0 Å². The Kier molecular flexibility index (Phi) is 36.5. The van der Waals surface area contributed by atoms with Crippen molar-refractivity contribution < 1.29 is 131 Å². The van der Waals surface area contributed by atoms with Gasteiger partial charge in [-0.05, 0) is 0 Å². The molecule has 140 valence electrons. The van der Waals surface area contributed by atoms with Gasteiger partial charge in [-0.25, -0.2) is 9.13 Å². The Labute approximate surface area is 161 Å². The van der Waals surface area contributed by atoms with Crippen molar-refractivity contribution in [3.05, 3.63) is 0 Å². The molecule has 0 rings (SSSR count). The first-order valence-electron chi connectivity index (χ1n) is 3.03. The molecule has 23 heavy (non-hydrogen) atoms. The van der Waals surface area contributed by atoms with E-state index in [0.717, 1.165) is 0 Å². The summed E-state index contributed by atoms with van der Waals surface area (Å²) >= 11 is 0. The van der Waals surface area contributed by atoms with Crippen molar-refractivity contribution in [1.82, 2.24) is 0 Å². The molecule has 0 bridgehead atoms. The second-order valence-corrected chi connectivity index (χ2v) is 5.76. The van der Waals surface area contributed by atoms with Crippen molar-refractivity contribution in [2.45, 2.75) is 0 Å². The number of rotatable bonds is 0. The summed E-state index contributed by atoms with van der Waals surface area (Å²) in [5.74, 6) is 0. The number of hydrogen-bond acceptors (Lipinski definition) is 10. The van der Waals surface area contributed by atoms with Gasteiger partial charge in [0.05, 0.1) is 0 Å². The summed E-state index contributed by atoms with van der Waals surface area (Å²) in [6.45, 7) is 0. The fourth-order valence-electron chi connectivity index (χ4n) is 0. The molecule has 0 spiro atoms. The predicted molar refractivity (Wildman–Crippen MR) is 43.7 cm³/mol. The normalized spacial score (nSPS) is 10.3. The van der Waals surface area contributed by atoms with E-state index in [1.54, 1.807) is 0 Å². The first-order chi connectivity index (χ1) is 8.00. The van der Waals surface area contributed by atoms with Crippen molar-refractivity contribution in [3.8, 4) is 0 Å². The molecular weight excluding hydrogens is 557 g/mol. The molecule has 6 N–H and O–H groups in total. The van der Waals surface area contributed by atoms with Crippen LogP contribution in [0.25, 0.3) is 0 Å². The van der Waals surface area contributed by atoms with Crippen molar-refractivity contribution in [3.63, 3.8) is 0 Å². The smallest absolute Gasteiger partial charge is 0.822 e. The van der Waals surface area contributed by atoms with Gasteiger partial charge in [0.15, 0.2) is 0 Å². The molecule has 0 aliphatic heterocycles. The van der Waals surface area contributed by atoms with E-state index in [1.165, 1.54) is 0 Å². The van der Waals surface area contributed by atoms with Crippen LogP contribution in [0.15, 0.2) is 0 Å². The summed E-state index contributed by atoms with van der Waals surface area (Å²) < 4.78 is 34.9. The first kappa shape index (κ1) is 44.5. The second kappa shape index (κ2) is 18.9. The molecule has 0 aromatic rings. The van der Waals surface area contributed by atoms with E-state index in [4.69, 9.17) is 77.0 Å². The summed E-state index contributed by atoms with van der Waals surface area (Å²) in [5.41, 5.74) is 0. The van der Waals surface area contributed by atoms with Crippen molar-refractivity contribution in [2.24, 2.45) is 0 Å².